The molecule has 0 aliphatic rings. The van der Waals surface area contributed by atoms with Gasteiger partial charge in [0, 0.05) is 19.7 Å². The molecule has 0 heterocycles. The van der Waals surface area contributed by atoms with E-state index in [4.69, 9.17) is 0 Å². The summed E-state index contributed by atoms with van der Waals surface area (Å²) in [6.45, 7) is 3.77. The van der Waals surface area contributed by atoms with Crippen LogP contribution < -0.4 is 4.90 Å². The van der Waals surface area contributed by atoms with E-state index in [1.807, 2.05) is 0 Å². The molecule has 6 nitrogen and oxygen atoms in total. The molecule has 2 N–H and O–H groups in total. The van der Waals surface area contributed by atoms with Gasteiger partial charge in [0.15, 0.2) is 0 Å². The van der Waals surface area contributed by atoms with E-state index >= 15 is 0 Å². The van der Waals surface area contributed by atoms with Crippen LogP contribution in [0.4, 0.5) is 11.4 Å². The van der Waals surface area contributed by atoms with Gasteiger partial charge in [0.25, 0.3) is 5.69 Å². The number of anilines is 1. The van der Waals surface area contributed by atoms with Crippen molar-refractivity contribution in [3.63, 3.8) is 0 Å². The maximum atomic E-state index is 11.1. The zero-order valence-electron chi connectivity index (χ0n) is 11.4. The Labute approximate surface area is 112 Å². The van der Waals surface area contributed by atoms with Crippen LogP contribution in [0.1, 0.15) is 31.9 Å². The highest BCUT2D eigenvalue weighted by molar-refractivity contribution is 5.64. The molecule has 0 spiro atoms. The molecule has 1 aromatic rings. The predicted octanol–water partition coefficient (Wildman–Crippen LogP) is 1.86. The number of benzene rings is 1. The first kappa shape index (κ1) is 15.4. The van der Waals surface area contributed by atoms with E-state index in [2.05, 4.69) is 0 Å². The molecular formula is C13H20N2O4. The van der Waals surface area contributed by atoms with E-state index in [9.17, 15) is 20.3 Å². The SMILES string of the molecule is CC(O)CCN(C)c1ccc(C(C)O)cc1[N+](=O)[O-]. The van der Waals surface area contributed by atoms with Gasteiger partial charge in [-0.1, -0.05) is 6.07 Å². The molecule has 2 atom stereocenters. The highest BCUT2D eigenvalue weighted by atomic mass is 16.6. The van der Waals surface area contributed by atoms with E-state index in [1.165, 1.54) is 6.07 Å². The summed E-state index contributed by atoms with van der Waals surface area (Å²) in [6.07, 6.45) is -0.653. The normalized spacial score (nSPS) is 13.9. The summed E-state index contributed by atoms with van der Waals surface area (Å²) >= 11 is 0. The van der Waals surface area contributed by atoms with Crippen LogP contribution in [0.3, 0.4) is 0 Å². The van der Waals surface area contributed by atoms with Crippen LogP contribution >= 0.6 is 0 Å². The summed E-state index contributed by atoms with van der Waals surface area (Å²) in [6, 6.07) is 4.69. The molecule has 2 unspecified atom stereocenters. The van der Waals surface area contributed by atoms with Gasteiger partial charge >= 0.3 is 0 Å². The summed E-state index contributed by atoms with van der Waals surface area (Å²) < 4.78 is 0. The lowest BCUT2D eigenvalue weighted by Crippen LogP contribution is -2.22. The predicted molar refractivity (Wildman–Crippen MR) is 73.3 cm³/mol. The Morgan fingerprint density at radius 1 is 1.37 bits per heavy atom. The first-order valence-corrected chi connectivity index (χ1v) is 6.18. The lowest BCUT2D eigenvalue weighted by atomic mass is 10.1. The number of aliphatic hydroxyl groups excluding tert-OH is 2. The number of hydrogen-bond donors (Lipinski definition) is 2. The van der Waals surface area contributed by atoms with Crippen LogP contribution in [0.25, 0.3) is 0 Å². The number of nitrogens with zero attached hydrogens (tertiary/aromatic N) is 2. The van der Waals surface area contributed by atoms with Crippen molar-refractivity contribution >= 4 is 11.4 Å². The standard InChI is InChI=1S/C13H20N2O4/c1-9(16)6-7-14(3)12-5-4-11(10(2)17)8-13(12)15(18)19/h4-5,8-10,16-17H,6-7H2,1-3H3. The molecule has 0 fully saturated rings. The molecule has 0 bridgehead atoms. The van der Waals surface area contributed by atoms with Crippen LogP contribution in [0, 0.1) is 10.1 Å². The van der Waals surface area contributed by atoms with E-state index < -0.39 is 17.1 Å². The Morgan fingerprint density at radius 3 is 2.47 bits per heavy atom. The zero-order chi connectivity index (χ0) is 14.6. The summed E-state index contributed by atoms with van der Waals surface area (Å²) in [5, 5.41) is 29.8. The van der Waals surface area contributed by atoms with E-state index in [0.29, 0.717) is 24.2 Å². The largest absolute Gasteiger partial charge is 0.393 e. The summed E-state index contributed by atoms with van der Waals surface area (Å²) in [4.78, 5) is 12.4. The van der Waals surface area contributed by atoms with Crippen LogP contribution in [-0.4, -0.2) is 34.8 Å². The van der Waals surface area contributed by atoms with Crippen molar-refractivity contribution in [2.24, 2.45) is 0 Å². The third-order valence-corrected chi connectivity index (χ3v) is 2.97. The van der Waals surface area contributed by atoms with Crippen LogP contribution in [0.15, 0.2) is 18.2 Å². The van der Waals surface area contributed by atoms with Crippen molar-refractivity contribution in [2.75, 3.05) is 18.5 Å². The summed E-state index contributed by atoms with van der Waals surface area (Å²) in [5.74, 6) is 0. The van der Waals surface area contributed by atoms with Gasteiger partial charge in [-0.15, -0.1) is 0 Å². The van der Waals surface area contributed by atoms with Crippen LogP contribution in [0.2, 0.25) is 0 Å². The molecule has 106 valence electrons. The molecule has 0 saturated carbocycles. The summed E-state index contributed by atoms with van der Waals surface area (Å²) in [5.41, 5.74) is 0.959. The number of nitro benzene ring substituents is 1. The van der Waals surface area contributed by atoms with Crippen LogP contribution in [0.5, 0.6) is 0 Å². The van der Waals surface area contributed by atoms with Gasteiger partial charge < -0.3 is 15.1 Å². The molecule has 0 aliphatic heterocycles. The van der Waals surface area contributed by atoms with E-state index in [-0.39, 0.29) is 5.69 Å². The maximum absolute atomic E-state index is 11.1. The molecule has 1 rings (SSSR count). The number of rotatable bonds is 6. The molecule has 0 radical (unpaired) electrons. The number of nitro groups is 1. The lowest BCUT2D eigenvalue weighted by Gasteiger charge is -2.20. The first-order chi connectivity index (χ1) is 8.82. The highest BCUT2D eigenvalue weighted by Crippen LogP contribution is 2.30. The van der Waals surface area contributed by atoms with Crippen molar-refractivity contribution in [3.8, 4) is 0 Å². The zero-order valence-corrected chi connectivity index (χ0v) is 11.4. The summed E-state index contributed by atoms with van der Waals surface area (Å²) in [7, 11) is 1.74. The fourth-order valence-corrected chi connectivity index (χ4v) is 1.77. The van der Waals surface area contributed by atoms with E-state index in [1.54, 1.807) is 37.9 Å². The van der Waals surface area contributed by atoms with Crippen LogP contribution in [-0.2, 0) is 0 Å². The van der Waals surface area contributed by atoms with Gasteiger partial charge in [0.05, 0.1) is 17.1 Å². The second-order valence-corrected chi connectivity index (χ2v) is 4.74. The van der Waals surface area contributed by atoms with Gasteiger partial charge in [-0.3, -0.25) is 10.1 Å². The Bertz CT molecular complexity index is 446. The molecular weight excluding hydrogens is 248 g/mol. The van der Waals surface area contributed by atoms with Gasteiger partial charge in [0.1, 0.15) is 5.69 Å². The van der Waals surface area contributed by atoms with Gasteiger partial charge in [-0.05, 0) is 31.9 Å². The van der Waals surface area contributed by atoms with Crippen molar-refractivity contribution in [3.05, 3.63) is 33.9 Å². The fraction of sp³-hybridized carbons (Fsp3) is 0.538. The smallest absolute Gasteiger partial charge is 0.292 e. The van der Waals surface area contributed by atoms with E-state index in [0.717, 1.165) is 0 Å². The van der Waals surface area contributed by atoms with Crippen molar-refractivity contribution in [2.45, 2.75) is 32.5 Å². The second-order valence-electron chi connectivity index (χ2n) is 4.74. The topological polar surface area (TPSA) is 86.8 Å². The molecule has 0 saturated heterocycles. The Kier molecular flexibility index (Phi) is 5.26. The fourth-order valence-electron chi connectivity index (χ4n) is 1.77. The monoisotopic (exact) mass is 268 g/mol. The van der Waals surface area contributed by atoms with Gasteiger partial charge in [-0.2, -0.15) is 0 Å². The molecule has 1 aromatic carbocycles. The minimum Gasteiger partial charge on any atom is -0.393 e. The molecule has 0 amide bonds. The Hall–Kier alpha value is -1.66. The minimum absolute atomic E-state index is 0.0357. The third-order valence-electron chi connectivity index (χ3n) is 2.97. The molecule has 0 aromatic heterocycles. The van der Waals surface area contributed by atoms with Crippen molar-refractivity contribution in [1.82, 2.24) is 0 Å². The third kappa shape index (κ3) is 4.18. The highest BCUT2D eigenvalue weighted by Gasteiger charge is 2.19. The minimum atomic E-state index is -0.740. The van der Waals surface area contributed by atoms with Crippen molar-refractivity contribution in [1.29, 1.82) is 0 Å². The van der Waals surface area contributed by atoms with Gasteiger partial charge in [0.2, 0.25) is 0 Å². The van der Waals surface area contributed by atoms with Crippen molar-refractivity contribution < 1.29 is 15.1 Å². The first-order valence-electron chi connectivity index (χ1n) is 6.18. The lowest BCUT2D eigenvalue weighted by molar-refractivity contribution is -0.384. The average Bonchev–Trinajstić information content (AvgIpc) is 2.34. The maximum Gasteiger partial charge on any atom is 0.292 e. The molecule has 19 heavy (non-hydrogen) atoms. The van der Waals surface area contributed by atoms with Gasteiger partial charge in [-0.25, -0.2) is 0 Å². The Morgan fingerprint density at radius 2 is 2.00 bits per heavy atom. The number of aliphatic hydroxyl groups is 2. The Balaban J connectivity index is 3.02. The second kappa shape index (κ2) is 6.49. The molecule has 0 aliphatic carbocycles. The average molecular weight is 268 g/mol. The quantitative estimate of drug-likeness (QED) is 0.607. The molecule has 6 heteroatoms. The number of hydrogen-bond acceptors (Lipinski definition) is 5.